The highest BCUT2D eigenvalue weighted by Crippen LogP contribution is 2.39. The molecular formula is C27H14F8O8. The quantitative estimate of drug-likeness (QED) is 0.0730. The van der Waals surface area contributed by atoms with Crippen molar-refractivity contribution < 1.29 is 68.1 Å². The zero-order chi connectivity index (χ0) is 31.6. The first-order valence-corrected chi connectivity index (χ1v) is 11.7. The first kappa shape index (κ1) is 30.8. The van der Waals surface area contributed by atoms with E-state index >= 15 is 0 Å². The molecule has 0 amide bonds. The van der Waals surface area contributed by atoms with Crippen molar-refractivity contribution in [3.05, 3.63) is 93.1 Å². The SMILES string of the molecule is CCOC(=O)c1ccc(Oc2c(C(F)(F)F)oc3cc(OC(=O)COc4c(F)c(F)c(F)c(F)c4F)ccc3c2=O)cc1. The molecule has 0 saturated carbocycles. The molecule has 4 rings (SSSR count). The molecule has 0 bridgehead atoms. The number of esters is 2. The number of carbonyl (C=O) groups is 2. The number of hydrogen-bond donors (Lipinski definition) is 0. The Morgan fingerprint density at radius 3 is 1.98 bits per heavy atom. The minimum absolute atomic E-state index is 0.0653. The number of fused-ring (bicyclic) bond motifs is 1. The molecule has 0 aliphatic rings. The van der Waals surface area contributed by atoms with Gasteiger partial charge in [0.15, 0.2) is 12.4 Å². The van der Waals surface area contributed by atoms with Gasteiger partial charge in [-0.3, -0.25) is 4.79 Å². The number of benzene rings is 3. The topological polar surface area (TPSA) is 101 Å². The fraction of sp³-hybridized carbons (Fsp3) is 0.148. The minimum Gasteiger partial charge on any atom is -0.476 e. The summed E-state index contributed by atoms with van der Waals surface area (Å²) in [7, 11) is 0. The van der Waals surface area contributed by atoms with Gasteiger partial charge in [0.1, 0.15) is 17.1 Å². The van der Waals surface area contributed by atoms with E-state index in [1.807, 2.05) is 0 Å². The molecular weight excluding hydrogens is 604 g/mol. The second kappa shape index (κ2) is 12.0. The van der Waals surface area contributed by atoms with Crippen molar-refractivity contribution in [2.45, 2.75) is 13.1 Å². The standard InChI is InChI=1S/C27H14F8O8/c1-2-39-26(38)11-3-5-12(6-4-11)42-24-22(37)14-8-7-13(9-15(14)43-25(24)27(33,34)35)41-16(36)10-40-23-20(31)18(29)17(28)19(30)21(23)32/h3-9H,2,10H2,1H3. The van der Waals surface area contributed by atoms with Crippen LogP contribution in [-0.4, -0.2) is 25.2 Å². The molecule has 0 spiro atoms. The molecule has 0 aliphatic heterocycles. The van der Waals surface area contributed by atoms with E-state index in [1.165, 1.54) is 12.1 Å². The van der Waals surface area contributed by atoms with Gasteiger partial charge in [0.05, 0.1) is 17.6 Å². The van der Waals surface area contributed by atoms with Crippen LogP contribution in [0.5, 0.6) is 23.0 Å². The zero-order valence-corrected chi connectivity index (χ0v) is 21.2. The average Bonchev–Trinajstić information content (AvgIpc) is 2.96. The first-order valence-electron chi connectivity index (χ1n) is 11.7. The second-order valence-corrected chi connectivity index (χ2v) is 8.25. The molecule has 1 aromatic heterocycles. The predicted octanol–water partition coefficient (Wildman–Crippen LogP) is 6.46. The number of ether oxygens (including phenoxy) is 4. The van der Waals surface area contributed by atoms with Crippen LogP contribution in [-0.2, 0) is 15.7 Å². The highest BCUT2D eigenvalue weighted by atomic mass is 19.4. The van der Waals surface area contributed by atoms with Crippen LogP contribution in [0.3, 0.4) is 0 Å². The number of halogens is 8. The van der Waals surface area contributed by atoms with E-state index in [0.717, 1.165) is 24.3 Å². The van der Waals surface area contributed by atoms with E-state index in [-0.39, 0.29) is 17.9 Å². The van der Waals surface area contributed by atoms with E-state index in [4.69, 9.17) is 18.6 Å². The summed E-state index contributed by atoms with van der Waals surface area (Å²) in [5, 5.41) is -0.455. The maximum Gasteiger partial charge on any atom is 0.453 e. The first-order chi connectivity index (χ1) is 20.2. The van der Waals surface area contributed by atoms with Crippen LogP contribution in [0.4, 0.5) is 35.1 Å². The third-order valence-corrected chi connectivity index (χ3v) is 5.40. The molecule has 4 aromatic rings. The Labute approximate surface area is 233 Å². The van der Waals surface area contributed by atoms with Crippen molar-refractivity contribution in [3.63, 3.8) is 0 Å². The van der Waals surface area contributed by atoms with Gasteiger partial charge >= 0.3 is 18.1 Å². The van der Waals surface area contributed by atoms with Crippen LogP contribution in [0.25, 0.3) is 11.0 Å². The highest BCUT2D eigenvalue weighted by molar-refractivity contribution is 5.89. The van der Waals surface area contributed by atoms with Crippen LogP contribution >= 0.6 is 0 Å². The molecule has 0 N–H and O–H groups in total. The van der Waals surface area contributed by atoms with Crippen molar-refractivity contribution in [3.8, 4) is 23.0 Å². The minimum atomic E-state index is -5.26. The summed E-state index contributed by atoms with van der Waals surface area (Å²) < 4.78 is 133. The largest absolute Gasteiger partial charge is 0.476 e. The van der Waals surface area contributed by atoms with Gasteiger partial charge in [-0.2, -0.15) is 22.0 Å². The van der Waals surface area contributed by atoms with Gasteiger partial charge < -0.3 is 23.4 Å². The van der Waals surface area contributed by atoms with Gasteiger partial charge in [0, 0.05) is 6.07 Å². The van der Waals surface area contributed by atoms with Crippen LogP contribution in [0.1, 0.15) is 23.0 Å². The fourth-order valence-electron chi connectivity index (χ4n) is 3.49. The van der Waals surface area contributed by atoms with Crippen molar-refractivity contribution >= 4 is 22.9 Å². The van der Waals surface area contributed by atoms with E-state index in [0.29, 0.717) is 6.07 Å². The Bertz CT molecular complexity index is 1750. The second-order valence-electron chi connectivity index (χ2n) is 8.25. The average molecular weight is 618 g/mol. The summed E-state index contributed by atoms with van der Waals surface area (Å²) in [6, 6.07) is 7.16. The summed E-state index contributed by atoms with van der Waals surface area (Å²) in [6.45, 7) is 0.259. The molecule has 8 nitrogen and oxygen atoms in total. The van der Waals surface area contributed by atoms with Crippen LogP contribution in [0.2, 0.25) is 0 Å². The smallest absolute Gasteiger partial charge is 0.453 e. The molecule has 0 unspecified atom stereocenters. The molecule has 0 aliphatic carbocycles. The molecule has 16 heteroatoms. The zero-order valence-electron chi connectivity index (χ0n) is 21.2. The van der Waals surface area contributed by atoms with E-state index in [9.17, 15) is 49.5 Å². The Balaban J connectivity index is 1.59. The number of hydrogen-bond acceptors (Lipinski definition) is 8. The number of carbonyl (C=O) groups excluding carboxylic acids is 2. The van der Waals surface area contributed by atoms with Crippen molar-refractivity contribution in [1.82, 2.24) is 0 Å². The maximum absolute atomic E-state index is 13.8. The lowest BCUT2D eigenvalue weighted by Crippen LogP contribution is -2.19. The van der Waals surface area contributed by atoms with Gasteiger partial charge in [-0.05, 0) is 43.3 Å². The van der Waals surface area contributed by atoms with Crippen molar-refractivity contribution in [2.75, 3.05) is 13.2 Å². The van der Waals surface area contributed by atoms with Crippen LogP contribution in [0.15, 0.2) is 51.7 Å². The van der Waals surface area contributed by atoms with Gasteiger partial charge in [-0.1, -0.05) is 0 Å². The van der Waals surface area contributed by atoms with Gasteiger partial charge in [-0.15, -0.1) is 0 Å². The van der Waals surface area contributed by atoms with E-state index < -0.39 is 93.2 Å². The molecule has 0 saturated heterocycles. The van der Waals surface area contributed by atoms with Crippen molar-refractivity contribution in [1.29, 1.82) is 0 Å². The van der Waals surface area contributed by atoms with Crippen LogP contribution in [0, 0.1) is 29.1 Å². The van der Waals surface area contributed by atoms with Gasteiger partial charge in [0.2, 0.25) is 40.3 Å². The molecule has 43 heavy (non-hydrogen) atoms. The molecule has 0 radical (unpaired) electrons. The molecule has 1 heterocycles. The van der Waals surface area contributed by atoms with Gasteiger partial charge in [0.25, 0.3) is 5.76 Å². The summed E-state index contributed by atoms with van der Waals surface area (Å²) in [6.07, 6.45) is -5.26. The van der Waals surface area contributed by atoms with Crippen molar-refractivity contribution in [2.24, 2.45) is 0 Å². The lowest BCUT2D eigenvalue weighted by atomic mass is 10.2. The summed E-state index contributed by atoms with van der Waals surface area (Å²) >= 11 is 0. The third kappa shape index (κ3) is 6.37. The maximum atomic E-state index is 13.8. The summed E-state index contributed by atoms with van der Waals surface area (Å²) in [4.78, 5) is 36.8. The molecule has 0 fully saturated rings. The number of rotatable bonds is 8. The van der Waals surface area contributed by atoms with E-state index in [1.54, 1.807) is 6.92 Å². The Morgan fingerprint density at radius 2 is 1.40 bits per heavy atom. The number of alkyl halides is 3. The Morgan fingerprint density at radius 1 is 0.814 bits per heavy atom. The normalized spacial score (nSPS) is 11.4. The predicted molar refractivity (Wildman–Crippen MR) is 127 cm³/mol. The Hall–Kier alpha value is -5.15. The van der Waals surface area contributed by atoms with Gasteiger partial charge in [-0.25, -0.2) is 22.8 Å². The lowest BCUT2D eigenvalue weighted by Gasteiger charge is -2.14. The summed E-state index contributed by atoms with van der Waals surface area (Å²) in [5.41, 5.74) is -1.94. The fourth-order valence-corrected chi connectivity index (χ4v) is 3.49. The molecule has 226 valence electrons. The lowest BCUT2D eigenvalue weighted by molar-refractivity contribution is -0.154. The van der Waals surface area contributed by atoms with Crippen LogP contribution < -0.4 is 19.6 Å². The summed E-state index contributed by atoms with van der Waals surface area (Å²) in [5.74, 6) is -19.7. The molecule has 3 aromatic carbocycles. The highest BCUT2D eigenvalue weighted by Gasteiger charge is 2.40. The van der Waals surface area contributed by atoms with E-state index in [2.05, 4.69) is 4.74 Å². The third-order valence-electron chi connectivity index (χ3n) is 5.40. The Kier molecular flexibility index (Phi) is 8.59. The monoisotopic (exact) mass is 618 g/mol. The molecule has 0 atom stereocenters.